The highest BCUT2D eigenvalue weighted by molar-refractivity contribution is 7.99. The summed E-state index contributed by atoms with van der Waals surface area (Å²) in [5.74, 6) is 1.13. The lowest BCUT2D eigenvalue weighted by atomic mass is 10.2. The molecule has 0 radical (unpaired) electrons. The van der Waals surface area contributed by atoms with Crippen LogP contribution < -0.4 is 5.32 Å². The minimum Gasteiger partial charge on any atom is -0.453 e. The molecular weight excluding hydrogens is 501 g/mol. The van der Waals surface area contributed by atoms with Crippen molar-refractivity contribution in [2.24, 2.45) is 7.05 Å². The van der Waals surface area contributed by atoms with Gasteiger partial charge in [-0.25, -0.2) is 4.98 Å². The molecule has 0 saturated carbocycles. The summed E-state index contributed by atoms with van der Waals surface area (Å²) in [7, 11) is 1.83. The van der Waals surface area contributed by atoms with E-state index in [-0.39, 0.29) is 11.7 Å². The fourth-order valence-electron chi connectivity index (χ4n) is 3.15. The van der Waals surface area contributed by atoms with E-state index in [2.05, 4.69) is 20.5 Å². The van der Waals surface area contributed by atoms with Gasteiger partial charge in [0.25, 0.3) is 0 Å². The molecule has 3 aromatic heterocycles. The fourth-order valence-corrected chi connectivity index (χ4v) is 4.90. The minimum absolute atomic E-state index is 0.164. The molecule has 0 aliphatic rings. The lowest BCUT2D eigenvalue weighted by Crippen LogP contribution is -2.14. The zero-order chi connectivity index (χ0) is 22.9. The first-order chi connectivity index (χ1) is 16.0. The Morgan fingerprint density at radius 2 is 1.91 bits per heavy atom. The van der Waals surface area contributed by atoms with Crippen LogP contribution in [0.5, 0.6) is 0 Å². The quantitative estimate of drug-likeness (QED) is 0.263. The molecule has 0 aliphatic carbocycles. The van der Waals surface area contributed by atoms with Crippen LogP contribution in [0.3, 0.4) is 0 Å². The van der Waals surface area contributed by atoms with Crippen molar-refractivity contribution < 1.29 is 9.21 Å². The van der Waals surface area contributed by atoms with Crippen LogP contribution in [-0.2, 0) is 11.8 Å². The van der Waals surface area contributed by atoms with Gasteiger partial charge in [-0.1, -0.05) is 47.1 Å². The average molecular weight is 516 g/mol. The molecule has 2 aromatic carbocycles. The third kappa shape index (κ3) is 4.77. The van der Waals surface area contributed by atoms with Crippen molar-refractivity contribution in [1.29, 1.82) is 0 Å². The molecule has 0 saturated heterocycles. The molecule has 166 valence electrons. The molecule has 5 aromatic rings. The first kappa shape index (κ1) is 22.0. The second kappa shape index (κ2) is 9.18. The monoisotopic (exact) mass is 515 g/mol. The van der Waals surface area contributed by atoms with Gasteiger partial charge in [0, 0.05) is 33.4 Å². The molecule has 1 amide bonds. The molecule has 0 spiro atoms. The summed E-state index contributed by atoms with van der Waals surface area (Å²) >= 11 is 14.6. The third-order valence-corrected chi connectivity index (χ3v) is 7.02. The van der Waals surface area contributed by atoms with Crippen molar-refractivity contribution in [1.82, 2.24) is 19.7 Å². The van der Waals surface area contributed by atoms with Gasteiger partial charge in [0.1, 0.15) is 5.58 Å². The first-order valence-corrected chi connectivity index (χ1v) is 12.3. The summed E-state index contributed by atoms with van der Waals surface area (Å²) in [5.41, 5.74) is 2.43. The third-order valence-electron chi connectivity index (χ3n) is 4.76. The molecule has 5 rings (SSSR count). The number of aromatic nitrogens is 4. The topological polar surface area (TPSA) is 85.8 Å². The molecule has 33 heavy (non-hydrogen) atoms. The molecule has 11 heteroatoms. The van der Waals surface area contributed by atoms with E-state index >= 15 is 0 Å². The van der Waals surface area contributed by atoms with Crippen LogP contribution in [0.25, 0.3) is 33.8 Å². The lowest BCUT2D eigenvalue weighted by Gasteiger charge is -2.03. The Labute approximate surface area is 206 Å². The number of benzene rings is 2. The Morgan fingerprint density at radius 3 is 2.73 bits per heavy atom. The number of anilines is 1. The highest BCUT2D eigenvalue weighted by Gasteiger charge is 2.17. The number of carbonyl (C=O) groups excluding carboxylic acids is 1. The largest absolute Gasteiger partial charge is 0.453 e. The van der Waals surface area contributed by atoms with Gasteiger partial charge in [0.2, 0.25) is 5.91 Å². The van der Waals surface area contributed by atoms with Crippen LogP contribution in [0.4, 0.5) is 5.13 Å². The summed E-state index contributed by atoms with van der Waals surface area (Å²) in [6.45, 7) is 0. The van der Waals surface area contributed by atoms with Gasteiger partial charge >= 0.3 is 0 Å². The number of thioether (sulfide) groups is 1. The molecule has 0 atom stereocenters. The number of halogens is 2. The number of hydrogen-bond donors (Lipinski definition) is 1. The maximum absolute atomic E-state index is 12.4. The highest BCUT2D eigenvalue weighted by Crippen LogP contribution is 2.30. The predicted molar refractivity (Wildman–Crippen MR) is 133 cm³/mol. The molecular formula is C22H15Cl2N5O2S2. The number of amides is 1. The van der Waals surface area contributed by atoms with E-state index in [0.29, 0.717) is 37.5 Å². The van der Waals surface area contributed by atoms with Crippen molar-refractivity contribution in [2.75, 3.05) is 11.1 Å². The molecule has 7 nitrogen and oxygen atoms in total. The Bertz CT molecular complexity index is 1460. The van der Waals surface area contributed by atoms with Crippen LogP contribution >= 0.6 is 46.3 Å². The van der Waals surface area contributed by atoms with Gasteiger partial charge in [-0.3, -0.25) is 4.79 Å². The maximum Gasteiger partial charge on any atom is 0.236 e. The van der Waals surface area contributed by atoms with E-state index in [4.69, 9.17) is 27.6 Å². The Morgan fingerprint density at radius 1 is 1.12 bits per heavy atom. The molecule has 1 N–H and O–H groups in total. The van der Waals surface area contributed by atoms with E-state index in [0.717, 1.165) is 16.6 Å². The van der Waals surface area contributed by atoms with Crippen LogP contribution in [0.2, 0.25) is 10.0 Å². The van der Waals surface area contributed by atoms with Gasteiger partial charge in [-0.2, -0.15) is 0 Å². The summed E-state index contributed by atoms with van der Waals surface area (Å²) < 4.78 is 7.66. The van der Waals surface area contributed by atoms with Crippen molar-refractivity contribution in [3.63, 3.8) is 0 Å². The van der Waals surface area contributed by atoms with Crippen molar-refractivity contribution in [3.8, 4) is 22.8 Å². The zero-order valence-corrected chi connectivity index (χ0v) is 20.2. The summed E-state index contributed by atoms with van der Waals surface area (Å²) in [5, 5.41) is 16.4. The molecule has 0 bridgehead atoms. The average Bonchev–Trinajstić information content (AvgIpc) is 3.51. The van der Waals surface area contributed by atoms with Gasteiger partial charge in [0.05, 0.1) is 11.4 Å². The predicted octanol–water partition coefficient (Wildman–Crippen LogP) is 6.39. The van der Waals surface area contributed by atoms with Gasteiger partial charge in [-0.15, -0.1) is 21.5 Å². The SMILES string of the molecule is Cn1c(SCC(=O)Nc2nc(-c3ccc(Cl)cc3)cs2)nnc1-c1cc2cc(Cl)ccc2o1. The summed E-state index contributed by atoms with van der Waals surface area (Å²) in [6.07, 6.45) is 0. The molecule has 0 unspecified atom stereocenters. The van der Waals surface area contributed by atoms with E-state index < -0.39 is 0 Å². The van der Waals surface area contributed by atoms with Crippen LogP contribution in [0.1, 0.15) is 0 Å². The lowest BCUT2D eigenvalue weighted by molar-refractivity contribution is -0.113. The number of furan rings is 1. The number of carbonyl (C=O) groups is 1. The first-order valence-electron chi connectivity index (χ1n) is 9.69. The molecule has 0 fully saturated rings. The number of nitrogens with zero attached hydrogens (tertiary/aromatic N) is 4. The summed E-state index contributed by atoms with van der Waals surface area (Å²) in [4.78, 5) is 16.9. The number of hydrogen-bond acceptors (Lipinski definition) is 7. The molecule has 3 heterocycles. The standard InChI is InChI=1S/C22H15Cl2N5O2S2/c1-29-20(18-9-13-8-15(24)6-7-17(13)31-18)27-28-22(29)33-11-19(30)26-21-25-16(10-32-21)12-2-4-14(23)5-3-12/h2-10H,11H2,1H3,(H,25,26,30). The minimum atomic E-state index is -0.181. The normalized spacial score (nSPS) is 11.2. The smallest absolute Gasteiger partial charge is 0.236 e. The maximum atomic E-state index is 12.4. The van der Waals surface area contributed by atoms with E-state index in [9.17, 15) is 4.79 Å². The van der Waals surface area contributed by atoms with Crippen LogP contribution in [-0.4, -0.2) is 31.4 Å². The number of rotatable bonds is 6. The van der Waals surface area contributed by atoms with Gasteiger partial charge < -0.3 is 14.3 Å². The Balaban J connectivity index is 1.23. The van der Waals surface area contributed by atoms with E-state index in [1.54, 1.807) is 22.8 Å². The highest BCUT2D eigenvalue weighted by atomic mass is 35.5. The van der Waals surface area contributed by atoms with Crippen molar-refractivity contribution in [2.45, 2.75) is 5.16 Å². The Kier molecular flexibility index (Phi) is 6.11. The van der Waals surface area contributed by atoms with Gasteiger partial charge in [-0.05, 0) is 36.4 Å². The van der Waals surface area contributed by atoms with Crippen molar-refractivity contribution >= 4 is 68.3 Å². The van der Waals surface area contributed by atoms with E-state index in [1.165, 1.54) is 23.1 Å². The second-order valence-corrected chi connectivity index (χ2v) is 9.71. The molecule has 0 aliphatic heterocycles. The zero-order valence-electron chi connectivity index (χ0n) is 17.1. The summed E-state index contributed by atoms with van der Waals surface area (Å²) in [6, 6.07) is 14.7. The second-order valence-electron chi connectivity index (χ2n) is 7.04. The number of fused-ring (bicyclic) bond motifs is 1. The van der Waals surface area contributed by atoms with Crippen molar-refractivity contribution in [3.05, 3.63) is 64.0 Å². The fraction of sp³-hybridized carbons (Fsp3) is 0.0909. The Hall–Kier alpha value is -2.85. The van der Waals surface area contributed by atoms with E-state index in [1.807, 2.05) is 42.8 Å². The van der Waals surface area contributed by atoms with Crippen LogP contribution in [0, 0.1) is 0 Å². The van der Waals surface area contributed by atoms with Gasteiger partial charge in [0.15, 0.2) is 21.9 Å². The van der Waals surface area contributed by atoms with Crippen LogP contribution in [0.15, 0.2) is 63.5 Å². The number of nitrogens with one attached hydrogen (secondary N) is 1. The number of thiazole rings is 1.